The SMILES string of the molecule is COc1ccc(/C=N\NC(=O)c2nnn(-c3nonc3N)c2C[NH+](C)C2CCCCC2)c(OC)c1. The van der Waals surface area contributed by atoms with Crippen LogP contribution >= 0.6 is 0 Å². The Kier molecular flexibility index (Phi) is 7.55. The number of ether oxygens (including phenoxy) is 2. The normalized spacial score (nSPS) is 15.3. The first kappa shape index (κ1) is 24.1. The van der Waals surface area contributed by atoms with Crippen LogP contribution in [0.4, 0.5) is 5.82 Å². The Morgan fingerprint density at radius 3 is 2.77 bits per heavy atom. The van der Waals surface area contributed by atoms with Crippen molar-refractivity contribution in [2.75, 3.05) is 27.0 Å². The second-order valence-corrected chi connectivity index (χ2v) is 8.43. The van der Waals surface area contributed by atoms with Crippen LogP contribution in [0.15, 0.2) is 27.9 Å². The van der Waals surface area contributed by atoms with Crippen molar-refractivity contribution in [3.63, 3.8) is 0 Å². The number of hydrogen-bond acceptors (Lipinski definition) is 10. The Morgan fingerprint density at radius 1 is 1.29 bits per heavy atom. The zero-order valence-corrected chi connectivity index (χ0v) is 20.0. The molecule has 13 nitrogen and oxygen atoms in total. The molecule has 0 spiro atoms. The maximum Gasteiger partial charge on any atom is 0.294 e. The predicted octanol–water partition coefficient (Wildman–Crippen LogP) is 0.361. The number of anilines is 1. The first-order valence-corrected chi connectivity index (χ1v) is 11.4. The Labute approximate surface area is 202 Å². The van der Waals surface area contributed by atoms with E-state index in [0.717, 1.165) is 12.8 Å². The third-order valence-electron chi connectivity index (χ3n) is 6.23. The number of amides is 1. The molecule has 0 radical (unpaired) electrons. The van der Waals surface area contributed by atoms with Gasteiger partial charge in [-0.25, -0.2) is 10.1 Å². The standard InChI is InChI=1S/C22H29N9O4/c1-30(15-7-5-4-6-8-15)13-17-19(25-29-31(17)21-20(23)27-35-28-21)22(32)26-24-12-14-9-10-16(33-2)11-18(14)34-3/h9-12,15H,4-8,13H2,1-3H3,(H2,23,27)(H,26,32)/p+1/b24-12-. The number of nitrogens with zero attached hydrogens (tertiary/aromatic N) is 6. The summed E-state index contributed by atoms with van der Waals surface area (Å²) >= 11 is 0. The summed E-state index contributed by atoms with van der Waals surface area (Å²) < 4.78 is 16.7. The van der Waals surface area contributed by atoms with Gasteiger partial charge in [0.1, 0.15) is 23.7 Å². The molecule has 1 aromatic carbocycles. The molecule has 186 valence electrons. The second-order valence-electron chi connectivity index (χ2n) is 8.43. The Morgan fingerprint density at radius 2 is 2.09 bits per heavy atom. The van der Waals surface area contributed by atoms with Crippen molar-refractivity contribution in [2.45, 2.75) is 44.7 Å². The van der Waals surface area contributed by atoms with Gasteiger partial charge in [0.15, 0.2) is 5.69 Å². The minimum absolute atomic E-state index is 0.0584. The van der Waals surface area contributed by atoms with Crippen molar-refractivity contribution < 1.29 is 23.8 Å². The van der Waals surface area contributed by atoms with E-state index in [1.807, 2.05) is 0 Å². The van der Waals surface area contributed by atoms with Crippen LogP contribution in [0.3, 0.4) is 0 Å². The van der Waals surface area contributed by atoms with Crippen molar-refractivity contribution in [1.82, 2.24) is 30.7 Å². The van der Waals surface area contributed by atoms with Gasteiger partial charge < -0.3 is 20.1 Å². The van der Waals surface area contributed by atoms with Crippen molar-refractivity contribution in [2.24, 2.45) is 5.10 Å². The molecule has 13 heteroatoms. The number of quaternary nitrogens is 1. The van der Waals surface area contributed by atoms with Crippen LogP contribution < -0.4 is 25.5 Å². The van der Waals surface area contributed by atoms with E-state index in [4.69, 9.17) is 19.8 Å². The number of hydrogen-bond donors (Lipinski definition) is 3. The summed E-state index contributed by atoms with van der Waals surface area (Å²) in [7, 11) is 5.22. The van der Waals surface area contributed by atoms with Crippen LogP contribution in [0.5, 0.6) is 11.5 Å². The molecule has 2 heterocycles. The van der Waals surface area contributed by atoms with Crippen LogP contribution in [-0.2, 0) is 6.54 Å². The molecule has 0 saturated heterocycles. The number of carbonyl (C=O) groups excluding carboxylic acids is 1. The lowest BCUT2D eigenvalue weighted by Gasteiger charge is -2.28. The molecule has 1 aliphatic rings. The topological polar surface area (TPSA) is 160 Å². The molecule has 1 amide bonds. The molecule has 1 atom stereocenters. The van der Waals surface area contributed by atoms with Gasteiger partial charge in [-0.1, -0.05) is 11.6 Å². The van der Waals surface area contributed by atoms with E-state index in [2.05, 4.69) is 38.2 Å². The van der Waals surface area contributed by atoms with Crippen molar-refractivity contribution in [1.29, 1.82) is 0 Å². The summed E-state index contributed by atoms with van der Waals surface area (Å²) in [5.41, 5.74) is 9.75. The monoisotopic (exact) mass is 484 g/mol. The van der Waals surface area contributed by atoms with Crippen molar-refractivity contribution >= 4 is 17.9 Å². The van der Waals surface area contributed by atoms with Gasteiger partial charge in [-0.3, -0.25) is 4.79 Å². The van der Waals surface area contributed by atoms with Crippen LogP contribution in [0, 0.1) is 0 Å². The van der Waals surface area contributed by atoms with Crippen LogP contribution in [0.25, 0.3) is 5.82 Å². The highest BCUT2D eigenvalue weighted by Gasteiger charge is 2.29. The first-order valence-electron chi connectivity index (χ1n) is 11.4. The lowest BCUT2D eigenvalue weighted by Crippen LogP contribution is -3.11. The number of aromatic nitrogens is 5. The third-order valence-corrected chi connectivity index (χ3v) is 6.23. The third kappa shape index (κ3) is 5.40. The van der Waals surface area contributed by atoms with Gasteiger partial charge in [-0.2, -0.15) is 9.78 Å². The number of nitrogens with one attached hydrogen (secondary N) is 2. The second kappa shape index (κ2) is 11.0. The first-order chi connectivity index (χ1) is 17.0. The van der Waals surface area contributed by atoms with E-state index in [1.165, 1.54) is 35.1 Å². The van der Waals surface area contributed by atoms with Gasteiger partial charge in [0, 0.05) is 11.6 Å². The molecule has 1 saturated carbocycles. The minimum Gasteiger partial charge on any atom is -0.497 e. The summed E-state index contributed by atoms with van der Waals surface area (Å²) in [6, 6.07) is 5.76. The lowest BCUT2D eigenvalue weighted by molar-refractivity contribution is -0.921. The molecule has 4 N–H and O–H groups in total. The lowest BCUT2D eigenvalue weighted by atomic mass is 9.94. The van der Waals surface area contributed by atoms with Gasteiger partial charge in [0.25, 0.3) is 5.91 Å². The number of hydrazone groups is 1. The van der Waals surface area contributed by atoms with E-state index in [0.29, 0.717) is 35.3 Å². The summed E-state index contributed by atoms with van der Waals surface area (Å²) in [4.78, 5) is 14.3. The van der Waals surface area contributed by atoms with E-state index in [9.17, 15) is 4.79 Å². The number of nitrogens with two attached hydrogens (primary N) is 1. The number of nitrogen functional groups attached to an aromatic ring is 1. The molecule has 1 fully saturated rings. The summed E-state index contributed by atoms with van der Waals surface area (Å²) in [5.74, 6) is 0.940. The largest absolute Gasteiger partial charge is 0.497 e. The molecular formula is C22H30N9O4+. The highest BCUT2D eigenvalue weighted by atomic mass is 16.6. The number of rotatable bonds is 9. The maximum atomic E-state index is 13.0. The van der Waals surface area contributed by atoms with E-state index >= 15 is 0 Å². The molecule has 1 unspecified atom stereocenters. The number of benzene rings is 1. The number of methoxy groups -OCH3 is 2. The van der Waals surface area contributed by atoms with Gasteiger partial charge in [-0.05, 0) is 48.1 Å². The maximum absolute atomic E-state index is 13.0. The van der Waals surface area contributed by atoms with E-state index in [1.54, 1.807) is 32.4 Å². The summed E-state index contributed by atoms with van der Waals surface area (Å²) in [6.07, 6.45) is 7.43. The Balaban J connectivity index is 1.56. The fraction of sp³-hybridized carbons (Fsp3) is 0.455. The van der Waals surface area contributed by atoms with Gasteiger partial charge >= 0.3 is 0 Å². The molecule has 3 aromatic rings. The highest BCUT2D eigenvalue weighted by Crippen LogP contribution is 2.23. The van der Waals surface area contributed by atoms with Gasteiger partial charge in [0.05, 0.1) is 33.5 Å². The molecule has 35 heavy (non-hydrogen) atoms. The summed E-state index contributed by atoms with van der Waals surface area (Å²) in [5, 5.41) is 19.7. The molecule has 0 aliphatic heterocycles. The van der Waals surface area contributed by atoms with Gasteiger partial charge in [-0.15, -0.1) is 5.10 Å². The average Bonchev–Trinajstić information content (AvgIpc) is 3.50. The molecule has 4 rings (SSSR count). The van der Waals surface area contributed by atoms with Crippen LogP contribution in [-0.4, -0.2) is 64.7 Å². The molecule has 1 aliphatic carbocycles. The smallest absolute Gasteiger partial charge is 0.294 e. The van der Waals surface area contributed by atoms with Gasteiger partial charge in [0.2, 0.25) is 11.6 Å². The quantitative estimate of drug-likeness (QED) is 0.288. The molecular weight excluding hydrogens is 454 g/mol. The number of carbonyl (C=O) groups is 1. The van der Waals surface area contributed by atoms with Crippen molar-refractivity contribution in [3.8, 4) is 17.3 Å². The Hall–Kier alpha value is -4.00. The molecule has 0 bridgehead atoms. The highest BCUT2D eigenvalue weighted by molar-refractivity contribution is 5.94. The average molecular weight is 485 g/mol. The van der Waals surface area contributed by atoms with Crippen LogP contribution in [0.2, 0.25) is 0 Å². The fourth-order valence-corrected chi connectivity index (χ4v) is 4.29. The van der Waals surface area contributed by atoms with E-state index in [-0.39, 0.29) is 17.3 Å². The summed E-state index contributed by atoms with van der Waals surface area (Å²) in [6.45, 7) is 0.489. The Bertz CT molecular complexity index is 1180. The zero-order chi connectivity index (χ0) is 24.8. The van der Waals surface area contributed by atoms with E-state index < -0.39 is 5.91 Å². The predicted molar refractivity (Wildman–Crippen MR) is 126 cm³/mol. The minimum atomic E-state index is -0.513. The zero-order valence-electron chi connectivity index (χ0n) is 20.0. The van der Waals surface area contributed by atoms with Crippen LogP contribution in [0.1, 0.15) is 53.8 Å². The molecule has 2 aromatic heterocycles. The fourth-order valence-electron chi connectivity index (χ4n) is 4.29. The van der Waals surface area contributed by atoms with Crippen molar-refractivity contribution in [3.05, 3.63) is 35.2 Å².